The molecule has 1 aliphatic carbocycles. The number of hydrogen-bond donors (Lipinski definition) is 0. The highest BCUT2D eigenvalue weighted by Gasteiger charge is 2.35. The first kappa shape index (κ1) is 32.2. The molecule has 0 saturated heterocycles. The summed E-state index contributed by atoms with van der Waals surface area (Å²) >= 11 is 0. The first-order chi connectivity index (χ1) is 22.3. The molecule has 0 atom stereocenters. The minimum absolute atomic E-state index is 0.0290. The SMILES string of the molecule is C=C\C=C(/C=C(/C=C\C(=C/C)N=C)CN(CC)c1ccccc1)c1ccc(N(C)c2ccc3c(c2)C(C)(C)c2ccccc2-3)cc1. The third-order valence-electron chi connectivity index (χ3n) is 9.00. The van der Waals surface area contributed by atoms with Crippen molar-refractivity contribution in [1.82, 2.24) is 0 Å². The fraction of sp³-hybridized carbons (Fsp3) is 0.186. The first-order valence-electron chi connectivity index (χ1n) is 16.0. The molecule has 0 fully saturated rings. The van der Waals surface area contributed by atoms with E-state index in [1.807, 2.05) is 25.2 Å². The van der Waals surface area contributed by atoms with Gasteiger partial charge in [-0.1, -0.05) is 105 Å². The van der Waals surface area contributed by atoms with E-state index < -0.39 is 0 Å². The van der Waals surface area contributed by atoms with Crippen molar-refractivity contribution in [3.8, 4) is 11.1 Å². The van der Waals surface area contributed by atoms with Gasteiger partial charge in [0.25, 0.3) is 0 Å². The Morgan fingerprint density at radius 3 is 2.15 bits per heavy atom. The maximum atomic E-state index is 4.15. The highest BCUT2D eigenvalue weighted by Crippen LogP contribution is 2.49. The van der Waals surface area contributed by atoms with Crippen LogP contribution in [0.15, 0.2) is 156 Å². The van der Waals surface area contributed by atoms with Crippen LogP contribution >= 0.6 is 0 Å². The van der Waals surface area contributed by atoms with Gasteiger partial charge in [-0.2, -0.15) is 0 Å². The van der Waals surface area contributed by atoms with Crippen LogP contribution in [0.5, 0.6) is 0 Å². The van der Waals surface area contributed by atoms with Gasteiger partial charge >= 0.3 is 0 Å². The lowest BCUT2D eigenvalue weighted by Crippen LogP contribution is -2.24. The highest BCUT2D eigenvalue weighted by atomic mass is 15.1. The van der Waals surface area contributed by atoms with Crippen LogP contribution in [0.4, 0.5) is 17.1 Å². The normalized spacial score (nSPS) is 14.2. The van der Waals surface area contributed by atoms with Crippen molar-refractivity contribution in [2.24, 2.45) is 4.99 Å². The van der Waals surface area contributed by atoms with Crippen molar-refractivity contribution >= 4 is 29.4 Å². The van der Waals surface area contributed by atoms with Gasteiger partial charge in [-0.05, 0) is 108 Å². The smallest absolute Gasteiger partial charge is 0.0579 e. The average molecular weight is 604 g/mol. The summed E-state index contributed by atoms with van der Waals surface area (Å²) in [6, 6.07) is 35.0. The molecular formula is C43H45N3. The Hall–Kier alpha value is -5.15. The minimum atomic E-state index is -0.0290. The Morgan fingerprint density at radius 2 is 1.48 bits per heavy atom. The lowest BCUT2D eigenvalue weighted by atomic mass is 9.82. The van der Waals surface area contributed by atoms with E-state index >= 15 is 0 Å². The average Bonchev–Trinajstić information content (AvgIpc) is 3.33. The largest absolute Gasteiger partial charge is 0.367 e. The van der Waals surface area contributed by atoms with Crippen LogP contribution in [0, 0.1) is 0 Å². The third-order valence-corrected chi connectivity index (χ3v) is 9.00. The molecule has 3 heteroatoms. The van der Waals surface area contributed by atoms with Crippen LogP contribution in [-0.2, 0) is 5.41 Å². The van der Waals surface area contributed by atoms with Gasteiger partial charge in [-0.25, -0.2) is 0 Å². The molecule has 4 aromatic carbocycles. The third kappa shape index (κ3) is 6.74. The predicted molar refractivity (Wildman–Crippen MR) is 202 cm³/mol. The zero-order chi connectivity index (χ0) is 32.7. The van der Waals surface area contributed by atoms with Gasteiger partial charge in [0.1, 0.15) is 0 Å². The summed E-state index contributed by atoms with van der Waals surface area (Å²) in [6.07, 6.45) is 12.3. The van der Waals surface area contributed by atoms with Crippen molar-refractivity contribution in [1.29, 1.82) is 0 Å². The second-order valence-electron chi connectivity index (χ2n) is 12.1. The van der Waals surface area contributed by atoms with Crippen LogP contribution in [0.1, 0.15) is 44.4 Å². The quantitative estimate of drug-likeness (QED) is 0.118. The highest BCUT2D eigenvalue weighted by molar-refractivity contribution is 5.83. The van der Waals surface area contributed by atoms with Gasteiger partial charge in [0.2, 0.25) is 0 Å². The summed E-state index contributed by atoms with van der Waals surface area (Å²) in [5.41, 5.74) is 13.2. The maximum absolute atomic E-state index is 4.15. The number of nitrogens with zero attached hydrogens (tertiary/aromatic N) is 3. The summed E-state index contributed by atoms with van der Waals surface area (Å²) in [6.45, 7) is 18.2. The molecule has 0 bridgehead atoms. The molecule has 1 aliphatic rings. The van der Waals surface area contributed by atoms with E-state index in [4.69, 9.17) is 0 Å². The standard InChI is InChI=1S/C43H45N3/c1-8-16-34(29-32(21-24-35(9-2)44-6)31-46(10-3)37-17-12-11-13-18-37)33-22-25-36(26-23-33)45(7)38-27-28-40-39-19-14-15-20-41(39)43(4,5)42(40)30-38/h8-9,11-30H,1,6,10,31H2,2-5,7H3/b24-21-,32-29-,34-16+,35-9+. The Balaban J connectivity index is 1.44. The van der Waals surface area contributed by atoms with E-state index in [9.17, 15) is 0 Å². The summed E-state index contributed by atoms with van der Waals surface area (Å²) in [4.78, 5) is 8.78. The van der Waals surface area contributed by atoms with Crippen molar-refractivity contribution in [2.45, 2.75) is 33.1 Å². The number of para-hydroxylation sites is 1. The van der Waals surface area contributed by atoms with Crippen molar-refractivity contribution < 1.29 is 0 Å². The number of allylic oxidation sites excluding steroid dienone is 6. The maximum Gasteiger partial charge on any atom is 0.0579 e. The lowest BCUT2D eigenvalue weighted by Gasteiger charge is -2.25. The molecule has 46 heavy (non-hydrogen) atoms. The van der Waals surface area contributed by atoms with Gasteiger partial charge in [-0.15, -0.1) is 0 Å². The number of hydrogen-bond acceptors (Lipinski definition) is 3. The zero-order valence-corrected chi connectivity index (χ0v) is 27.9. The minimum Gasteiger partial charge on any atom is -0.367 e. The Labute approximate surface area is 275 Å². The topological polar surface area (TPSA) is 18.8 Å². The van der Waals surface area contributed by atoms with Crippen molar-refractivity contribution in [3.05, 3.63) is 168 Å². The molecule has 0 saturated carbocycles. The van der Waals surface area contributed by atoms with E-state index in [1.54, 1.807) is 0 Å². The van der Waals surface area contributed by atoms with Gasteiger partial charge in [0.05, 0.1) is 5.70 Å². The molecule has 0 amide bonds. The second kappa shape index (κ2) is 14.3. The van der Waals surface area contributed by atoms with Crippen LogP contribution in [-0.4, -0.2) is 26.9 Å². The van der Waals surface area contributed by atoms with E-state index in [1.165, 1.54) is 33.6 Å². The molecular weight excluding hydrogens is 558 g/mol. The fourth-order valence-corrected chi connectivity index (χ4v) is 6.31. The van der Waals surface area contributed by atoms with E-state index in [0.717, 1.165) is 41.2 Å². The number of anilines is 3. The summed E-state index contributed by atoms with van der Waals surface area (Å²) < 4.78 is 0. The summed E-state index contributed by atoms with van der Waals surface area (Å²) in [5, 5.41) is 0. The Kier molecular flexibility index (Phi) is 10.0. The summed E-state index contributed by atoms with van der Waals surface area (Å²) in [7, 11) is 2.14. The Morgan fingerprint density at radius 1 is 0.804 bits per heavy atom. The molecule has 3 nitrogen and oxygen atoms in total. The lowest BCUT2D eigenvalue weighted by molar-refractivity contribution is 0.660. The van der Waals surface area contributed by atoms with Gasteiger partial charge in [-0.3, -0.25) is 4.99 Å². The van der Waals surface area contributed by atoms with Crippen LogP contribution in [0.3, 0.4) is 0 Å². The number of fused-ring (bicyclic) bond motifs is 3. The van der Waals surface area contributed by atoms with Crippen LogP contribution < -0.4 is 9.80 Å². The van der Waals surface area contributed by atoms with Crippen LogP contribution in [0.25, 0.3) is 16.7 Å². The first-order valence-corrected chi connectivity index (χ1v) is 16.0. The molecule has 0 aromatic heterocycles. The number of benzene rings is 4. The van der Waals surface area contributed by atoms with E-state index in [0.29, 0.717) is 0 Å². The van der Waals surface area contributed by atoms with E-state index in [2.05, 4.69) is 171 Å². The monoisotopic (exact) mass is 603 g/mol. The fourth-order valence-electron chi connectivity index (χ4n) is 6.31. The zero-order valence-electron chi connectivity index (χ0n) is 27.9. The van der Waals surface area contributed by atoms with E-state index in [-0.39, 0.29) is 5.41 Å². The van der Waals surface area contributed by atoms with Gasteiger partial charge < -0.3 is 9.80 Å². The molecule has 0 heterocycles. The van der Waals surface area contributed by atoms with Crippen molar-refractivity contribution in [2.75, 3.05) is 29.9 Å². The van der Waals surface area contributed by atoms with Gasteiger partial charge in [0, 0.05) is 42.6 Å². The molecule has 0 N–H and O–H groups in total. The number of rotatable bonds is 12. The predicted octanol–water partition coefficient (Wildman–Crippen LogP) is 10.9. The molecule has 4 aromatic rings. The van der Waals surface area contributed by atoms with Gasteiger partial charge in [0.15, 0.2) is 0 Å². The molecule has 0 unspecified atom stereocenters. The second-order valence-corrected chi connectivity index (χ2v) is 12.1. The molecule has 5 rings (SSSR count). The summed E-state index contributed by atoms with van der Waals surface area (Å²) in [5.74, 6) is 0. The number of aliphatic imine (C=N–C) groups is 1. The molecule has 0 radical (unpaired) electrons. The van der Waals surface area contributed by atoms with Crippen LogP contribution in [0.2, 0.25) is 0 Å². The number of likely N-dealkylation sites (N-methyl/N-ethyl adjacent to an activating group) is 1. The Bertz CT molecular complexity index is 1820. The molecule has 0 aliphatic heterocycles. The molecule has 0 spiro atoms. The van der Waals surface area contributed by atoms with Crippen molar-refractivity contribution in [3.63, 3.8) is 0 Å². The molecule has 232 valence electrons.